The van der Waals surface area contributed by atoms with Gasteiger partial charge in [-0.25, -0.2) is 0 Å². The Bertz CT molecular complexity index is 861. The standard InChI is InChI=1S/C21H21ClN2O/c1-24(14-17-6-9-18-4-2-3-5-19(18)12-17)15-21(25)23-13-16-7-10-20(22)11-8-16/h2-12H,13-15H2,1H3,(H,23,25)/p+1. The molecule has 25 heavy (non-hydrogen) atoms. The molecule has 0 saturated carbocycles. The summed E-state index contributed by atoms with van der Waals surface area (Å²) in [5.41, 5.74) is 2.28. The van der Waals surface area contributed by atoms with E-state index < -0.39 is 0 Å². The first-order valence-electron chi connectivity index (χ1n) is 8.40. The van der Waals surface area contributed by atoms with E-state index in [0.717, 1.165) is 17.0 Å². The third-order valence-corrected chi connectivity index (χ3v) is 4.44. The molecular weight excluding hydrogens is 332 g/mol. The van der Waals surface area contributed by atoms with Crippen LogP contribution in [0.5, 0.6) is 0 Å². The van der Waals surface area contributed by atoms with Crippen molar-refractivity contribution in [1.82, 2.24) is 5.32 Å². The van der Waals surface area contributed by atoms with Crippen LogP contribution in [0.1, 0.15) is 11.1 Å². The molecule has 1 atom stereocenters. The Morgan fingerprint density at radius 1 is 0.960 bits per heavy atom. The van der Waals surface area contributed by atoms with Crippen molar-refractivity contribution in [3.63, 3.8) is 0 Å². The maximum absolute atomic E-state index is 12.1. The number of hydrogen-bond donors (Lipinski definition) is 2. The average molecular weight is 354 g/mol. The molecule has 1 amide bonds. The largest absolute Gasteiger partial charge is 0.347 e. The molecule has 0 aliphatic heterocycles. The van der Waals surface area contributed by atoms with Gasteiger partial charge in [0.15, 0.2) is 6.54 Å². The number of benzene rings is 3. The summed E-state index contributed by atoms with van der Waals surface area (Å²) in [7, 11) is 2.04. The van der Waals surface area contributed by atoms with Crippen LogP contribution in [-0.2, 0) is 17.9 Å². The fraction of sp³-hybridized carbons (Fsp3) is 0.190. The minimum absolute atomic E-state index is 0.0493. The number of halogens is 1. The topological polar surface area (TPSA) is 33.5 Å². The third kappa shape index (κ3) is 5.05. The van der Waals surface area contributed by atoms with Crippen molar-refractivity contribution in [3.8, 4) is 0 Å². The monoisotopic (exact) mass is 353 g/mol. The summed E-state index contributed by atoms with van der Waals surface area (Å²) in [5.74, 6) is 0.0493. The van der Waals surface area contributed by atoms with Crippen molar-refractivity contribution in [3.05, 3.63) is 82.9 Å². The summed E-state index contributed by atoms with van der Waals surface area (Å²) in [4.78, 5) is 13.3. The lowest BCUT2D eigenvalue weighted by molar-refractivity contribution is -0.885. The second kappa shape index (κ2) is 8.15. The Morgan fingerprint density at radius 2 is 1.64 bits per heavy atom. The first kappa shape index (κ1) is 17.5. The highest BCUT2D eigenvalue weighted by atomic mass is 35.5. The van der Waals surface area contributed by atoms with Gasteiger partial charge in [-0.2, -0.15) is 0 Å². The van der Waals surface area contributed by atoms with E-state index >= 15 is 0 Å². The van der Waals surface area contributed by atoms with Crippen molar-refractivity contribution in [2.75, 3.05) is 13.6 Å². The number of hydrogen-bond acceptors (Lipinski definition) is 1. The molecule has 0 fully saturated rings. The highest BCUT2D eigenvalue weighted by molar-refractivity contribution is 6.30. The number of likely N-dealkylation sites (N-methyl/N-ethyl adjacent to an activating group) is 1. The van der Waals surface area contributed by atoms with Crippen LogP contribution in [0.15, 0.2) is 66.7 Å². The van der Waals surface area contributed by atoms with Crippen LogP contribution in [0.25, 0.3) is 10.8 Å². The van der Waals surface area contributed by atoms with Gasteiger partial charge in [-0.05, 0) is 34.5 Å². The summed E-state index contributed by atoms with van der Waals surface area (Å²) in [6.07, 6.45) is 0. The number of quaternary nitrogens is 1. The van der Waals surface area contributed by atoms with Gasteiger partial charge in [0, 0.05) is 17.1 Å². The van der Waals surface area contributed by atoms with E-state index in [4.69, 9.17) is 11.6 Å². The molecule has 1 unspecified atom stereocenters. The molecule has 0 bridgehead atoms. The van der Waals surface area contributed by atoms with E-state index in [1.54, 1.807) is 0 Å². The van der Waals surface area contributed by atoms with E-state index in [0.29, 0.717) is 18.1 Å². The first-order chi connectivity index (χ1) is 12.1. The summed E-state index contributed by atoms with van der Waals surface area (Å²) >= 11 is 5.87. The highest BCUT2D eigenvalue weighted by Crippen LogP contribution is 2.15. The zero-order valence-electron chi connectivity index (χ0n) is 14.3. The van der Waals surface area contributed by atoms with Gasteiger partial charge in [0.1, 0.15) is 6.54 Å². The Labute approximate surface area is 153 Å². The Hall–Kier alpha value is -2.36. The number of fused-ring (bicyclic) bond motifs is 1. The maximum Gasteiger partial charge on any atom is 0.275 e. The van der Waals surface area contributed by atoms with Crippen molar-refractivity contribution < 1.29 is 9.69 Å². The summed E-state index contributed by atoms with van der Waals surface area (Å²) in [6, 6.07) is 22.3. The summed E-state index contributed by atoms with van der Waals surface area (Å²) in [5, 5.41) is 6.14. The molecule has 2 N–H and O–H groups in total. The second-order valence-electron chi connectivity index (χ2n) is 6.40. The SMILES string of the molecule is C[NH+](CC(=O)NCc1ccc(Cl)cc1)Cc1ccc2ccccc2c1. The molecule has 0 heterocycles. The van der Waals surface area contributed by atoms with Gasteiger partial charge in [-0.15, -0.1) is 0 Å². The number of carbonyl (C=O) groups is 1. The van der Waals surface area contributed by atoms with Gasteiger partial charge in [0.05, 0.1) is 7.05 Å². The first-order valence-corrected chi connectivity index (χ1v) is 8.78. The normalized spacial score (nSPS) is 12.1. The lowest BCUT2D eigenvalue weighted by Gasteiger charge is -2.14. The highest BCUT2D eigenvalue weighted by Gasteiger charge is 2.10. The zero-order valence-corrected chi connectivity index (χ0v) is 15.0. The van der Waals surface area contributed by atoms with Crippen LogP contribution in [0.3, 0.4) is 0 Å². The van der Waals surface area contributed by atoms with Crippen LogP contribution >= 0.6 is 11.6 Å². The van der Waals surface area contributed by atoms with Crippen LogP contribution in [0.4, 0.5) is 0 Å². The van der Waals surface area contributed by atoms with Crippen LogP contribution < -0.4 is 10.2 Å². The van der Waals surface area contributed by atoms with Crippen molar-refractivity contribution in [2.45, 2.75) is 13.1 Å². The van der Waals surface area contributed by atoms with E-state index in [1.165, 1.54) is 16.3 Å². The van der Waals surface area contributed by atoms with E-state index in [2.05, 4.69) is 35.6 Å². The maximum atomic E-state index is 12.1. The molecule has 0 aliphatic carbocycles. The predicted octanol–water partition coefficient (Wildman–Crippen LogP) is 2.82. The minimum atomic E-state index is 0.0493. The minimum Gasteiger partial charge on any atom is -0.347 e. The van der Waals surface area contributed by atoms with E-state index in [-0.39, 0.29) is 5.91 Å². The molecule has 0 spiro atoms. The van der Waals surface area contributed by atoms with Crippen LogP contribution in [0, 0.1) is 0 Å². The van der Waals surface area contributed by atoms with Crippen LogP contribution in [0.2, 0.25) is 5.02 Å². The quantitative estimate of drug-likeness (QED) is 0.702. The van der Waals surface area contributed by atoms with Gasteiger partial charge >= 0.3 is 0 Å². The third-order valence-electron chi connectivity index (χ3n) is 4.19. The smallest absolute Gasteiger partial charge is 0.275 e. The van der Waals surface area contributed by atoms with Crippen molar-refractivity contribution in [2.24, 2.45) is 0 Å². The molecule has 3 aromatic rings. The number of carbonyl (C=O) groups excluding carboxylic acids is 1. The molecule has 128 valence electrons. The van der Waals surface area contributed by atoms with Gasteiger partial charge in [-0.1, -0.05) is 60.1 Å². The molecule has 3 nitrogen and oxygen atoms in total. The van der Waals surface area contributed by atoms with Crippen molar-refractivity contribution >= 4 is 28.3 Å². The zero-order chi connectivity index (χ0) is 17.6. The van der Waals surface area contributed by atoms with Gasteiger partial charge in [-0.3, -0.25) is 4.79 Å². The van der Waals surface area contributed by atoms with E-state index in [1.807, 2.05) is 43.4 Å². The fourth-order valence-corrected chi connectivity index (χ4v) is 3.03. The van der Waals surface area contributed by atoms with E-state index in [9.17, 15) is 4.79 Å². The van der Waals surface area contributed by atoms with Crippen LogP contribution in [-0.4, -0.2) is 19.5 Å². The number of rotatable bonds is 6. The second-order valence-corrected chi connectivity index (χ2v) is 6.83. The molecule has 0 aliphatic rings. The van der Waals surface area contributed by atoms with Gasteiger partial charge in [0.25, 0.3) is 5.91 Å². The molecular formula is C21H22ClN2O+. The average Bonchev–Trinajstić information content (AvgIpc) is 2.61. The van der Waals surface area contributed by atoms with Crippen molar-refractivity contribution in [1.29, 1.82) is 0 Å². The lowest BCUT2D eigenvalue weighted by atomic mass is 10.1. The summed E-state index contributed by atoms with van der Waals surface area (Å²) < 4.78 is 0. The molecule has 3 aromatic carbocycles. The van der Waals surface area contributed by atoms with Gasteiger partial charge < -0.3 is 10.2 Å². The molecule has 4 heteroatoms. The Kier molecular flexibility index (Phi) is 5.69. The predicted molar refractivity (Wildman–Crippen MR) is 103 cm³/mol. The molecule has 0 radical (unpaired) electrons. The summed E-state index contributed by atoms with van der Waals surface area (Å²) in [6.45, 7) is 1.79. The number of amides is 1. The Morgan fingerprint density at radius 3 is 2.40 bits per heavy atom. The molecule has 3 rings (SSSR count). The fourth-order valence-electron chi connectivity index (χ4n) is 2.90. The lowest BCUT2D eigenvalue weighted by Crippen LogP contribution is -3.08. The molecule has 0 aromatic heterocycles. The molecule has 0 saturated heterocycles. The number of nitrogens with one attached hydrogen (secondary N) is 2. The Balaban J connectivity index is 1.51. The van der Waals surface area contributed by atoms with Gasteiger partial charge in [0.2, 0.25) is 0 Å².